The second kappa shape index (κ2) is 6.99. The van der Waals surface area contributed by atoms with Crippen molar-refractivity contribution < 1.29 is 9.90 Å². The van der Waals surface area contributed by atoms with Gasteiger partial charge < -0.3 is 10.8 Å². The van der Waals surface area contributed by atoms with Gasteiger partial charge in [0.05, 0.1) is 5.92 Å². The van der Waals surface area contributed by atoms with Crippen molar-refractivity contribution in [2.24, 2.45) is 11.7 Å². The lowest BCUT2D eigenvalue weighted by molar-refractivity contribution is -0.141. The number of carboxylic acid groups (broad SMARTS) is 1. The van der Waals surface area contributed by atoms with Gasteiger partial charge in [0, 0.05) is 9.50 Å². The summed E-state index contributed by atoms with van der Waals surface area (Å²) >= 11 is 9.38. The van der Waals surface area contributed by atoms with Crippen LogP contribution in [0.3, 0.4) is 0 Å². The molecule has 0 heterocycles. The topological polar surface area (TPSA) is 63.3 Å². The molecule has 0 aliphatic rings. The average Bonchev–Trinajstić information content (AvgIpc) is 2.26. The van der Waals surface area contributed by atoms with Crippen molar-refractivity contribution in [2.45, 2.75) is 19.3 Å². The Bertz CT molecular complexity index is 398. The minimum Gasteiger partial charge on any atom is -0.481 e. The van der Waals surface area contributed by atoms with Crippen LogP contribution in [0.15, 0.2) is 22.7 Å². The summed E-state index contributed by atoms with van der Waals surface area (Å²) in [5.41, 5.74) is 6.26. The van der Waals surface area contributed by atoms with Crippen molar-refractivity contribution in [1.82, 2.24) is 0 Å². The zero-order valence-corrected chi connectivity index (χ0v) is 11.7. The van der Waals surface area contributed by atoms with E-state index in [0.29, 0.717) is 30.8 Å². The monoisotopic (exact) mass is 319 g/mol. The molecule has 1 aromatic rings. The van der Waals surface area contributed by atoms with Crippen molar-refractivity contribution in [3.63, 3.8) is 0 Å². The molecule has 0 fully saturated rings. The maximum Gasteiger partial charge on any atom is 0.306 e. The molecule has 94 valence electrons. The summed E-state index contributed by atoms with van der Waals surface area (Å²) < 4.78 is 0.889. The molecule has 0 radical (unpaired) electrons. The van der Waals surface area contributed by atoms with E-state index >= 15 is 0 Å². The molecule has 17 heavy (non-hydrogen) atoms. The van der Waals surface area contributed by atoms with E-state index in [2.05, 4.69) is 15.9 Å². The van der Waals surface area contributed by atoms with E-state index < -0.39 is 11.9 Å². The van der Waals surface area contributed by atoms with Crippen LogP contribution >= 0.6 is 27.5 Å². The molecular formula is C12H15BrClNO2. The molecule has 1 rings (SSSR count). The minimum atomic E-state index is -0.794. The first-order chi connectivity index (χ1) is 8.04. The van der Waals surface area contributed by atoms with Crippen LogP contribution in [0.5, 0.6) is 0 Å². The van der Waals surface area contributed by atoms with Gasteiger partial charge in [0.15, 0.2) is 0 Å². The number of benzene rings is 1. The third kappa shape index (κ3) is 4.66. The van der Waals surface area contributed by atoms with Crippen molar-refractivity contribution in [3.8, 4) is 0 Å². The van der Waals surface area contributed by atoms with Crippen LogP contribution in [-0.2, 0) is 11.2 Å². The molecule has 0 saturated carbocycles. The van der Waals surface area contributed by atoms with Crippen LogP contribution in [-0.4, -0.2) is 17.6 Å². The van der Waals surface area contributed by atoms with Crippen LogP contribution in [0, 0.1) is 5.92 Å². The van der Waals surface area contributed by atoms with Gasteiger partial charge in [-0.2, -0.15) is 0 Å². The number of hydrogen-bond donors (Lipinski definition) is 2. The van der Waals surface area contributed by atoms with Gasteiger partial charge >= 0.3 is 5.97 Å². The van der Waals surface area contributed by atoms with Gasteiger partial charge in [0.25, 0.3) is 0 Å². The number of carboxylic acids is 1. The van der Waals surface area contributed by atoms with Crippen molar-refractivity contribution >= 4 is 33.5 Å². The minimum absolute atomic E-state index is 0.419. The van der Waals surface area contributed by atoms with Gasteiger partial charge in [0.1, 0.15) is 0 Å². The molecular weight excluding hydrogens is 305 g/mol. The molecule has 3 N–H and O–H groups in total. The van der Waals surface area contributed by atoms with E-state index in [0.717, 1.165) is 10.0 Å². The lowest BCUT2D eigenvalue weighted by atomic mass is 9.95. The zero-order chi connectivity index (χ0) is 12.8. The van der Waals surface area contributed by atoms with Crippen molar-refractivity contribution in [2.75, 3.05) is 6.54 Å². The predicted octanol–water partition coefficient (Wildman–Crippen LogP) is 3.08. The van der Waals surface area contributed by atoms with E-state index in [1.54, 1.807) is 6.07 Å². The molecule has 3 nitrogen and oxygen atoms in total. The summed E-state index contributed by atoms with van der Waals surface area (Å²) in [4.78, 5) is 11.1. The largest absolute Gasteiger partial charge is 0.481 e. The summed E-state index contributed by atoms with van der Waals surface area (Å²) in [5.74, 6) is -1.21. The van der Waals surface area contributed by atoms with Crippen LogP contribution < -0.4 is 5.73 Å². The van der Waals surface area contributed by atoms with Gasteiger partial charge in [0.2, 0.25) is 0 Å². The lowest BCUT2D eigenvalue weighted by Crippen LogP contribution is -2.18. The van der Waals surface area contributed by atoms with Gasteiger partial charge in [-0.3, -0.25) is 4.79 Å². The Balaban J connectivity index is 2.75. The average molecular weight is 321 g/mol. The molecule has 5 heteroatoms. The fourth-order valence-electron chi connectivity index (χ4n) is 1.63. The summed E-state index contributed by atoms with van der Waals surface area (Å²) in [6.07, 6.45) is 1.74. The van der Waals surface area contributed by atoms with Crippen LogP contribution in [0.2, 0.25) is 5.02 Å². The number of hydrogen-bond acceptors (Lipinski definition) is 2. The molecule has 0 spiro atoms. The first-order valence-corrected chi connectivity index (χ1v) is 6.58. The molecule has 0 amide bonds. The van der Waals surface area contributed by atoms with E-state index in [4.69, 9.17) is 22.4 Å². The summed E-state index contributed by atoms with van der Waals surface area (Å²) in [6.45, 7) is 0.512. The van der Waals surface area contributed by atoms with Crippen molar-refractivity contribution in [1.29, 1.82) is 0 Å². The SMILES string of the molecule is NCCCC(Cc1ccc(Br)cc1Cl)C(=O)O. The first kappa shape index (κ1) is 14.5. The smallest absolute Gasteiger partial charge is 0.306 e. The van der Waals surface area contributed by atoms with Gasteiger partial charge in [-0.1, -0.05) is 33.6 Å². The number of nitrogens with two attached hydrogens (primary N) is 1. The number of aliphatic carboxylic acids is 1. The Morgan fingerprint density at radius 2 is 2.24 bits per heavy atom. The Kier molecular flexibility index (Phi) is 5.95. The van der Waals surface area contributed by atoms with Gasteiger partial charge in [-0.25, -0.2) is 0 Å². The first-order valence-electron chi connectivity index (χ1n) is 5.41. The Morgan fingerprint density at radius 1 is 1.53 bits per heavy atom. The normalized spacial score (nSPS) is 12.4. The molecule has 0 saturated heterocycles. The molecule has 1 atom stereocenters. The Hall–Kier alpha value is -0.580. The number of carbonyl (C=O) groups is 1. The second-order valence-corrected chi connectivity index (χ2v) is 5.23. The standard InChI is InChI=1S/C12H15BrClNO2/c13-10-4-3-8(11(14)7-10)6-9(12(16)17)2-1-5-15/h3-4,7,9H,1-2,5-6,15H2,(H,16,17). The highest BCUT2D eigenvalue weighted by Gasteiger charge is 2.18. The third-order valence-electron chi connectivity index (χ3n) is 2.59. The van der Waals surface area contributed by atoms with E-state index in [9.17, 15) is 4.79 Å². The Labute approximate surface area is 114 Å². The third-order valence-corrected chi connectivity index (χ3v) is 3.43. The predicted molar refractivity (Wildman–Crippen MR) is 72.3 cm³/mol. The van der Waals surface area contributed by atoms with Crippen LogP contribution in [0.4, 0.5) is 0 Å². The Morgan fingerprint density at radius 3 is 2.76 bits per heavy atom. The molecule has 0 aliphatic carbocycles. The zero-order valence-electron chi connectivity index (χ0n) is 9.33. The summed E-state index contributed by atoms with van der Waals surface area (Å²) in [7, 11) is 0. The summed E-state index contributed by atoms with van der Waals surface area (Å²) in [6, 6.07) is 5.49. The molecule has 0 aliphatic heterocycles. The lowest BCUT2D eigenvalue weighted by Gasteiger charge is -2.13. The number of rotatable bonds is 6. The van der Waals surface area contributed by atoms with Crippen LogP contribution in [0.25, 0.3) is 0 Å². The summed E-state index contributed by atoms with van der Waals surface area (Å²) in [5, 5.41) is 9.71. The van der Waals surface area contributed by atoms with E-state index in [-0.39, 0.29) is 0 Å². The quantitative estimate of drug-likeness (QED) is 0.846. The maximum atomic E-state index is 11.1. The maximum absolute atomic E-state index is 11.1. The fourth-order valence-corrected chi connectivity index (χ4v) is 2.38. The van der Waals surface area contributed by atoms with Crippen LogP contribution in [0.1, 0.15) is 18.4 Å². The molecule has 1 aromatic carbocycles. The van der Waals surface area contributed by atoms with Crippen molar-refractivity contribution in [3.05, 3.63) is 33.3 Å². The highest BCUT2D eigenvalue weighted by Crippen LogP contribution is 2.25. The highest BCUT2D eigenvalue weighted by atomic mass is 79.9. The molecule has 1 unspecified atom stereocenters. The van der Waals surface area contributed by atoms with E-state index in [1.807, 2.05) is 12.1 Å². The fraction of sp³-hybridized carbons (Fsp3) is 0.417. The second-order valence-electron chi connectivity index (χ2n) is 3.91. The number of halogens is 2. The molecule has 0 aromatic heterocycles. The molecule has 0 bridgehead atoms. The van der Waals surface area contributed by atoms with Gasteiger partial charge in [-0.15, -0.1) is 0 Å². The van der Waals surface area contributed by atoms with Gasteiger partial charge in [-0.05, 0) is 43.5 Å². The highest BCUT2D eigenvalue weighted by molar-refractivity contribution is 9.10. The van der Waals surface area contributed by atoms with E-state index in [1.165, 1.54) is 0 Å².